The van der Waals surface area contributed by atoms with Crippen molar-refractivity contribution in [3.05, 3.63) is 0 Å². The first-order valence-electron chi connectivity index (χ1n) is 8.08. The molecule has 1 saturated carbocycles. The van der Waals surface area contributed by atoms with Gasteiger partial charge in [0.2, 0.25) is 11.8 Å². The van der Waals surface area contributed by atoms with Crippen molar-refractivity contribution in [2.75, 3.05) is 20.1 Å². The van der Waals surface area contributed by atoms with Crippen molar-refractivity contribution >= 4 is 11.8 Å². The molecule has 1 saturated heterocycles. The summed E-state index contributed by atoms with van der Waals surface area (Å²) in [4.78, 5) is 25.5. The fourth-order valence-electron chi connectivity index (χ4n) is 3.45. The normalized spacial score (nSPS) is 25.8. The lowest BCUT2D eigenvalue weighted by molar-refractivity contribution is -0.134. The van der Waals surface area contributed by atoms with Gasteiger partial charge in [-0.3, -0.25) is 9.59 Å². The number of likely N-dealkylation sites (tertiary alicyclic amines) is 1. The molecule has 0 radical (unpaired) electrons. The van der Waals surface area contributed by atoms with Crippen molar-refractivity contribution in [1.29, 1.82) is 0 Å². The standard InChI is InChI=1S/C16H28N2O2/c1-12(9-13-5-3-4-6-13)16(20)17-11-14-7-8-18(2)15(19)10-14/h12-14H,3-11H2,1-2H3,(H,17,20). The molecule has 114 valence electrons. The number of rotatable bonds is 5. The van der Waals surface area contributed by atoms with E-state index in [2.05, 4.69) is 5.32 Å². The first-order chi connectivity index (χ1) is 9.56. The fourth-order valence-corrected chi connectivity index (χ4v) is 3.45. The predicted octanol–water partition coefficient (Wildman–Crippen LogP) is 2.19. The maximum Gasteiger partial charge on any atom is 0.222 e. The lowest BCUT2D eigenvalue weighted by Gasteiger charge is -2.29. The number of nitrogens with one attached hydrogen (secondary N) is 1. The molecule has 1 N–H and O–H groups in total. The Bertz CT molecular complexity index is 350. The molecular weight excluding hydrogens is 252 g/mol. The Morgan fingerprint density at radius 2 is 2.00 bits per heavy atom. The first kappa shape index (κ1) is 15.3. The van der Waals surface area contributed by atoms with Gasteiger partial charge in [-0.05, 0) is 24.7 Å². The van der Waals surface area contributed by atoms with Crippen LogP contribution in [0.5, 0.6) is 0 Å². The average molecular weight is 280 g/mol. The van der Waals surface area contributed by atoms with Gasteiger partial charge >= 0.3 is 0 Å². The smallest absolute Gasteiger partial charge is 0.222 e. The van der Waals surface area contributed by atoms with E-state index in [9.17, 15) is 9.59 Å². The Hall–Kier alpha value is -1.06. The quantitative estimate of drug-likeness (QED) is 0.839. The van der Waals surface area contributed by atoms with Crippen molar-refractivity contribution in [2.24, 2.45) is 17.8 Å². The summed E-state index contributed by atoms with van der Waals surface area (Å²) in [6, 6.07) is 0. The molecule has 1 heterocycles. The van der Waals surface area contributed by atoms with E-state index in [1.807, 2.05) is 14.0 Å². The molecule has 0 spiro atoms. The second-order valence-corrected chi connectivity index (χ2v) is 6.71. The molecule has 4 heteroatoms. The van der Waals surface area contributed by atoms with Gasteiger partial charge < -0.3 is 10.2 Å². The molecule has 2 atom stereocenters. The largest absolute Gasteiger partial charge is 0.356 e. The molecule has 1 aliphatic heterocycles. The van der Waals surface area contributed by atoms with Gasteiger partial charge in [-0.1, -0.05) is 32.6 Å². The van der Waals surface area contributed by atoms with Crippen LogP contribution in [-0.4, -0.2) is 36.9 Å². The van der Waals surface area contributed by atoms with Gasteiger partial charge in [-0.25, -0.2) is 0 Å². The summed E-state index contributed by atoms with van der Waals surface area (Å²) in [5.41, 5.74) is 0. The van der Waals surface area contributed by atoms with E-state index >= 15 is 0 Å². The number of amides is 2. The number of hydrogen-bond acceptors (Lipinski definition) is 2. The van der Waals surface area contributed by atoms with Gasteiger partial charge in [-0.15, -0.1) is 0 Å². The minimum atomic E-state index is 0.111. The SMILES string of the molecule is CC(CC1CCCC1)C(=O)NCC1CCN(C)C(=O)C1. The van der Waals surface area contributed by atoms with Gasteiger partial charge in [0, 0.05) is 32.5 Å². The monoisotopic (exact) mass is 280 g/mol. The van der Waals surface area contributed by atoms with Crippen LogP contribution >= 0.6 is 0 Å². The van der Waals surface area contributed by atoms with Crippen LogP contribution in [0.2, 0.25) is 0 Å². The zero-order chi connectivity index (χ0) is 14.5. The van der Waals surface area contributed by atoms with Gasteiger partial charge in [0.05, 0.1) is 0 Å². The Balaban J connectivity index is 1.67. The molecule has 2 unspecified atom stereocenters. The van der Waals surface area contributed by atoms with Crippen LogP contribution in [0.1, 0.15) is 51.9 Å². The number of carbonyl (C=O) groups excluding carboxylic acids is 2. The molecule has 1 aliphatic carbocycles. The molecular formula is C16H28N2O2. The molecule has 4 nitrogen and oxygen atoms in total. The van der Waals surface area contributed by atoms with Crippen LogP contribution in [0.4, 0.5) is 0 Å². The molecule has 0 aromatic heterocycles. The van der Waals surface area contributed by atoms with E-state index in [0.717, 1.165) is 25.3 Å². The Morgan fingerprint density at radius 3 is 2.65 bits per heavy atom. The lowest BCUT2D eigenvalue weighted by atomic mass is 9.93. The van der Waals surface area contributed by atoms with E-state index in [0.29, 0.717) is 18.9 Å². The number of hydrogen-bond donors (Lipinski definition) is 1. The third-order valence-electron chi connectivity index (χ3n) is 4.94. The second kappa shape index (κ2) is 7.09. The number of piperidine rings is 1. The van der Waals surface area contributed by atoms with Crippen LogP contribution in [-0.2, 0) is 9.59 Å². The summed E-state index contributed by atoms with van der Waals surface area (Å²) in [6.07, 6.45) is 7.85. The zero-order valence-corrected chi connectivity index (χ0v) is 12.9. The van der Waals surface area contributed by atoms with Gasteiger partial charge in [0.25, 0.3) is 0 Å². The van der Waals surface area contributed by atoms with E-state index in [1.165, 1.54) is 25.7 Å². The maximum atomic E-state index is 12.1. The minimum absolute atomic E-state index is 0.111. The predicted molar refractivity (Wildman–Crippen MR) is 79.1 cm³/mol. The average Bonchev–Trinajstić information content (AvgIpc) is 2.92. The number of carbonyl (C=O) groups is 2. The summed E-state index contributed by atoms with van der Waals surface area (Å²) in [7, 11) is 1.85. The van der Waals surface area contributed by atoms with Crippen molar-refractivity contribution in [1.82, 2.24) is 10.2 Å². The minimum Gasteiger partial charge on any atom is -0.356 e. The Morgan fingerprint density at radius 1 is 1.30 bits per heavy atom. The second-order valence-electron chi connectivity index (χ2n) is 6.71. The summed E-state index contributed by atoms with van der Waals surface area (Å²) in [5, 5.41) is 3.05. The third kappa shape index (κ3) is 4.22. The summed E-state index contributed by atoms with van der Waals surface area (Å²) in [6.45, 7) is 3.51. The molecule has 0 aromatic carbocycles. The fraction of sp³-hybridized carbons (Fsp3) is 0.875. The summed E-state index contributed by atoms with van der Waals surface area (Å²) >= 11 is 0. The van der Waals surface area contributed by atoms with Crippen LogP contribution in [0.25, 0.3) is 0 Å². The topological polar surface area (TPSA) is 49.4 Å². The highest BCUT2D eigenvalue weighted by molar-refractivity contribution is 5.79. The summed E-state index contributed by atoms with van der Waals surface area (Å²) in [5.74, 6) is 1.56. The highest BCUT2D eigenvalue weighted by Crippen LogP contribution is 2.30. The van der Waals surface area contributed by atoms with Gasteiger partial charge in [0.1, 0.15) is 0 Å². The third-order valence-corrected chi connectivity index (χ3v) is 4.94. The molecule has 2 rings (SSSR count). The van der Waals surface area contributed by atoms with E-state index < -0.39 is 0 Å². The Labute approximate surface area is 122 Å². The van der Waals surface area contributed by atoms with Crippen molar-refractivity contribution in [3.8, 4) is 0 Å². The number of nitrogens with zero attached hydrogens (tertiary/aromatic N) is 1. The maximum absolute atomic E-state index is 12.1. The van der Waals surface area contributed by atoms with E-state index in [-0.39, 0.29) is 17.7 Å². The molecule has 2 fully saturated rings. The lowest BCUT2D eigenvalue weighted by Crippen LogP contribution is -2.41. The first-order valence-corrected chi connectivity index (χ1v) is 8.08. The van der Waals surface area contributed by atoms with Crippen molar-refractivity contribution < 1.29 is 9.59 Å². The summed E-state index contributed by atoms with van der Waals surface area (Å²) < 4.78 is 0. The van der Waals surface area contributed by atoms with Crippen LogP contribution in [0, 0.1) is 17.8 Å². The van der Waals surface area contributed by atoms with Gasteiger partial charge in [-0.2, -0.15) is 0 Å². The van der Waals surface area contributed by atoms with Gasteiger partial charge in [0.15, 0.2) is 0 Å². The van der Waals surface area contributed by atoms with Crippen LogP contribution in [0.3, 0.4) is 0 Å². The van der Waals surface area contributed by atoms with Crippen LogP contribution in [0.15, 0.2) is 0 Å². The molecule has 2 aliphatic rings. The highest BCUT2D eigenvalue weighted by Gasteiger charge is 2.25. The van der Waals surface area contributed by atoms with Crippen molar-refractivity contribution in [3.63, 3.8) is 0 Å². The zero-order valence-electron chi connectivity index (χ0n) is 12.9. The molecule has 20 heavy (non-hydrogen) atoms. The molecule has 2 amide bonds. The molecule has 0 aromatic rings. The van der Waals surface area contributed by atoms with Crippen LogP contribution < -0.4 is 5.32 Å². The highest BCUT2D eigenvalue weighted by atomic mass is 16.2. The molecule has 0 bridgehead atoms. The van der Waals surface area contributed by atoms with E-state index in [1.54, 1.807) is 4.90 Å². The van der Waals surface area contributed by atoms with E-state index in [4.69, 9.17) is 0 Å². The van der Waals surface area contributed by atoms with Crippen molar-refractivity contribution in [2.45, 2.75) is 51.9 Å². The Kier molecular flexibility index (Phi) is 5.44.